The van der Waals surface area contributed by atoms with Gasteiger partial charge in [-0.25, -0.2) is 0 Å². The van der Waals surface area contributed by atoms with Crippen molar-refractivity contribution in [2.24, 2.45) is 0 Å². The molecule has 0 amide bonds. The zero-order valence-corrected chi connectivity index (χ0v) is 14.6. The first-order chi connectivity index (χ1) is 11.1. The largest absolute Gasteiger partial charge is 0.497 e. The third kappa shape index (κ3) is 5.46. The number of aliphatic hydroxyl groups is 1. The summed E-state index contributed by atoms with van der Waals surface area (Å²) >= 11 is 0. The van der Waals surface area contributed by atoms with Gasteiger partial charge in [0.2, 0.25) is 0 Å². The first-order valence-electron chi connectivity index (χ1n) is 8.50. The molecule has 0 radical (unpaired) electrons. The summed E-state index contributed by atoms with van der Waals surface area (Å²) in [4.78, 5) is 4.80. The van der Waals surface area contributed by atoms with E-state index < -0.39 is 6.10 Å². The van der Waals surface area contributed by atoms with Crippen LogP contribution in [0.1, 0.15) is 25.5 Å². The van der Waals surface area contributed by atoms with Crippen LogP contribution in [-0.4, -0.2) is 74.1 Å². The Kier molecular flexibility index (Phi) is 7.30. The van der Waals surface area contributed by atoms with Crippen LogP contribution in [0.2, 0.25) is 0 Å². The monoisotopic (exact) mass is 322 g/mol. The van der Waals surface area contributed by atoms with Crippen LogP contribution in [-0.2, 0) is 4.74 Å². The van der Waals surface area contributed by atoms with Crippen LogP contribution in [0.15, 0.2) is 24.3 Å². The molecule has 0 aliphatic carbocycles. The average Bonchev–Trinajstić information content (AvgIpc) is 2.60. The predicted molar refractivity (Wildman–Crippen MR) is 91.9 cm³/mol. The number of piperazine rings is 1. The molecule has 1 saturated heterocycles. The smallest absolute Gasteiger partial charge is 0.119 e. The van der Waals surface area contributed by atoms with E-state index in [9.17, 15) is 5.11 Å². The van der Waals surface area contributed by atoms with E-state index in [0.717, 1.165) is 31.9 Å². The molecule has 5 nitrogen and oxygen atoms in total. The molecule has 0 aromatic heterocycles. The molecule has 1 N–H and O–H groups in total. The number of benzene rings is 1. The normalized spacial score (nSPS) is 19.5. The molecule has 5 heteroatoms. The van der Waals surface area contributed by atoms with Gasteiger partial charge in [0, 0.05) is 45.4 Å². The van der Waals surface area contributed by atoms with Crippen LogP contribution >= 0.6 is 0 Å². The van der Waals surface area contributed by atoms with E-state index in [0.29, 0.717) is 25.8 Å². The molecule has 0 bridgehead atoms. The molecular formula is C18H30N2O3. The van der Waals surface area contributed by atoms with E-state index in [1.54, 1.807) is 7.11 Å². The van der Waals surface area contributed by atoms with Crippen molar-refractivity contribution in [3.8, 4) is 5.75 Å². The Bertz CT molecular complexity index is 461. The summed E-state index contributed by atoms with van der Waals surface area (Å²) in [6, 6.07) is 8.67. The molecule has 1 fully saturated rings. The van der Waals surface area contributed by atoms with E-state index in [4.69, 9.17) is 9.47 Å². The second-order valence-electron chi connectivity index (χ2n) is 6.10. The highest BCUT2D eigenvalue weighted by Gasteiger charge is 2.23. The maximum atomic E-state index is 9.95. The first kappa shape index (κ1) is 18.2. The minimum Gasteiger partial charge on any atom is -0.497 e. The van der Waals surface area contributed by atoms with Gasteiger partial charge >= 0.3 is 0 Å². The fraction of sp³-hybridized carbons (Fsp3) is 0.667. The average molecular weight is 322 g/mol. The standard InChI is InChI=1S/C18H30N2O3/c1-4-23-14-17(21)13-19-8-10-20(11-9-19)15(2)16-6-5-7-18(12-16)22-3/h5-7,12,15,17,21H,4,8-11,13-14H2,1-3H3/t15-,17+/m0/s1. The van der Waals surface area contributed by atoms with Crippen molar-refractivity contribution in [2.45, 2.75) is 26.0 Å². The Labute approximate surface area is 139 Å². The van der Waals surface area contributed by atoms with Gasteiger partial charge in [0.05, 0.1) is 19.8 Å². The highest BCUT2D eigenvalue weighted by Crippen LogP contribution is 2.24. The van der Waals surface area contributed by atoms with Crippen LogP contribution < -0.4 is 4.74 Å². The zero-order valence-electron chi connectivity index (χ0n) is 14.6. The maximum Gasteiger partial charge on any atom is 0.119 e. The summed E-state index contributed by atoms with van der Waals surface area (Å²) in [6.07, 6.45) is -0.391. The van der Waals surface area contributed by atoms with E-state index >= 15 is 0 Å². The SMILES string of the molecule is CCOC[C@H](O)CN1CCN([C@@H](C)c2cccc(OC)c2)CC1. The van der Waals surface area contributed by atoms with E-state index in [-0.39, 0.29) is 0 Å². The third-order valence-corrected chi connectivity index (χ3v) is 4.51. The van der Waals surface area contributed by atoms with Crippen molar-refractivity contribution in [3.63, 3.8) is 0 Å². The Morgan fingerprint density at radius 3 is 2.61 bits per heavy atom. The second kappa shape index (κ2) is 9.23. The van der Waals surface area contributed by atoms with Crippen LogP contribution in [0.5, 0.6) is 5.75 Å². The van der Waals surface area contributed by atoms with Crippen molar-refractivity contribution in [3.05, 3.63) is 29.8 Å². The van der Waals surface area contributed by atoms with Gasteiger partial charge in [-0.05, 0) is 31.5 Å². The Morgan fingerprint density at radius 1 is 1.22 bits per heavy atom. The second-order valence-corrected chi connectivity index (χ2v) is 6.10. The molecule has 1 aliphatic rings. The molecule has 130 valence electrons. The summed E-state index contributed by atoms with van der Waals surface area (Å²) in [5, 5.41) is 9.95. The molecule has 23 heavy (non-hydrogen) atoms. The lowest BCUT2D eigenvalue weighted by atomic mass is 10.1. The minimum atomic E-state index is -0.391. The van der Waals surface area contributed by atoms with Crippen LogP contribution in [0.25, 0.3) is 0 Å². The molecule has 2 rings (SSSR count). The molecule has 1 aromatic carbocycles. The number of hydrogen-bond donors (Lipinski definition) is 1. The minimum absolute atomic E-state index is 0.376. The number of β-amino-alcohol motifs (C(OH)–C–C–N with tert-alkyl or cyclic N) is 1. The number of nitrogens with zero attached hydrogens (tertiary/aromatic N) is 2. The van der Waals surface area contributed by atoms with Gasteiger partial charge in [-0.15, -0.1) is 0 Å². The van der Waals surface area contributed by atoms with E-state index in [1.807, 2.05) is 19.1 Å². The summed E-state index contributed by atoms with van der Waals surface area (Å²) < 4.78 is 10.6. The van der Waals surface area contributed by atoms with Crippen LogP contribution in [0.4, 0.5) is 0 Å². The first-order valence-corrected chi connectivity index (χ1v) is 8.50. The van der Waals surface area contributed by atoms with Crippen molar-refractivity contribution < 1.29 is 14.6 Å². The van der Waals surface area contributed by atoms with Crippen molar-refractivity contribution >= 4 is 0 Å². The van der Waals surface area contributed by atoms with Crippen LogP contribution in [0.3, 0.4) is 0 Å². The van der Waals surface area contributed by atoms with Gasteiger partial charge in [-0.1, -0.05) is 12.1 Å². The lowest BCUT2D eigenvalue weighted by Gasteiger charge is -2.38. The van der Waals surface area contributed by atoms with Gasteiger partial charge in [0.25, 0.3) is 0 Å². The molecule has 0 unspecified atom stereocenters. The summed E-state index contributed by atoms with van der Waals surface area (Å²) in [7, 11) is 1.70. The van der Waals surface area contributed by atoms with Crippen LogP contribution in [0, 0.1) is 0 Å². The third-order valence-electron chi connectivity index (χ3n) is 4.51. The quantitative estimate of drug-likeness (QED) is 0.790. The molecule has 1 aromatic rings. The molecule has 1 aliphatic heterocycles. The van der Waals surface area contributed by atoms with Crippen molar-refractivity contribution in [1.29, 1.82) is 0 Å². The van der Waals surface area contributed by atoms with Crippen molar-refractivity contribution in [2.75, 3.05) is 53.0 Å². The van der Waals surface area contributed by atoms with Gasteiger partial charge in [0.1, 0.15) is 5.75 Å². The molecular weight excluding hydrogens is 292 g/mol. The lowest BCUT2D eigenvalue weighted by Crippen LogP contribution is -2.49. The van der Waals surface area contributed by atoms with E-state index in [2.05, 4.69) is 28.9 Å². The summed E-state index contributed by atoms with van der Waals surface area (Å²) in [6.45, 7) is 9.97. The van der Waals surface area contributed by atoms with Crippen molar-refractivity contribution in [1.82, 2.24) is 9.80 Å². The highest BCUT2D eigenvalue weighted by atomic mass is 16.5. The van der Waals surface area contributed by atoms with Gasteiger partial charge in [-0.3, -0.25) is 9.80 Å². The number of ether oxygens (including phenoxy) is 2. The van der Waals surface area contributed by atoms with E-state index in [1.165, 1.54) is 5.56 Å². The molecule has 2 atom stereocenters. The Morgan fingerprint density at radius 2 is 1.96 bits per heavy atom. The topological polar surface area (TPSA) is 45.2 Å². The summed E-state index contributed by atoms with van der Waals surface area (Å²) in [5.74, 6) is 0.909. The number of aliphatic hydroxyl groups excluding tert-OH is 1. The Hall–Kier alpha value is -1.14. The zero-order chi connectivity index (χ0) is 16.7. The fourth-order valence-corrected chi connectivity index (χ4v) is 3.05. The molecule has 0 saturated carbocycles. The van der Waals surface area contributed by atoms with Gasteiger partial charge < -0.3 is 14.6 Å². The molecule has 1 heterocycles. The number of methoxy groups -OCH3 is 1. The lowest BCUT2D eigenvalue weighted by molar-refractivity contribution is 0.00723. The predicted octanol–water partition coefficient (Wildman–Crippen LogP) is 1.77. The maximum absolute atomic E-state index is 9.95. The fourth-order valence-electron chi connectivity index (χ4n) is 3.05. The molecule has 0 spiro atoms. The summed E-state index contributed by atoms with van der Waals surface area (Å²) in [5.41, 5.74) is 1.29. The Balaban J connectivity index is 1.81. The van der Waals surface area contributed by atoms with Gasteiger partial charge in [-0.2, -0.15) is 0 Å². The highest BCUT2D eigenvalue weighted by molar-refractivity contribution is 5.30. The number of rotatable bonds is 8. The van der Waals surface area contributed by atoms with Gasteiger partial charge in [0.15, 0.2) is 0 Å². The number of hydrogen-bond acceptors (Lipinski definition) is 5.